The van der Waals surface area contributed by atoms with Crippen molar-refractivity contribution in [1.29, 1.82) is 10.5 Å². The van der Waals surface area contributed by atoms with Gasteiger partial charge in [-0.25, -0.2) is 5.10 Å². The van der Waals surface area contributed by atoms with Crippen LogP contribution in [0.3, 0.4) is 0 Å². The van der Waals surface area contributed by atoms with Gasteiger partial charge in [-0.2, -0.15) is 15.6 Å². The van der Waals surface area contributed by atoms with Crippen LogP contribution < -0.4 is 5.56 Å². The van der Waals surface area contributed by atoms with Crippen LogP contribution in [0.25, 0.3) is 0 Å². The first-order chi connectivity index (χ1) is 8.69. The van der Waals surface area contributed by atoms with E-state index in [9.17, 15) is 9.59 Å². The summed E-state index contributed by atoms with van der Waals surface area (Å²) in [6.07, 6.45) is 0.362. The Morgan fingerprint density at radius 3 is 2.33 bits per heavy atom. The molecule has 0 aliphatic rings. The Balaban J connectivity index is 2.81. The van der Waals surface area contributed by atoms with E-state index in [4.69, 9.17) is 10.5 Å². The van der Waals surface area contributed by atoms with E-state index in [1.165, 1.54) is 17.0 Å². The summed E-state index contributed by atoms with van der Waals surface area (Å²) in [6.45, 7) is 0.468. The lowest BCUT2D eigenvalue weighted by atomic mass is 10.3. The first-order valence-corrected chi connectivity index (χ1v) is 5.28. The van der Waals surface area contributed by atoms with Gasteiger partial charge < -0.3 is 4.90 Å². The van der Waals surface area contributed by atoms with Gasteiger partial charge in [0.15, 0.2) is 0 Å². The molecular weight excluding hydrogens is 234 g/mol. The van der Waals surface area contributed by atoms with Crippen LogP contribution in [0.4, 0.5) is 0 Å². The lowest BCUT2D eigenvalue weighted by Crippen LogP contribution is -2.33. The van der Waals surface area contributed by atoms with E-state index in [0.29, 0.717) is 0 Å². The second-order valence-corrected chi connectivity index (χ2v) is 3.41. The molecular formula is C11H11N5O2. The number of hydrogen-bond acceptors (Lipinski definition) is 5. The second kappa shape index (κ2) is 6.81. The molecule has 92 valence electrons. The van der Waals surface area contributed by atoms with Crippen LogP contribution in [0.1, 0.15) is 23.3 Å². The maximum absolute atomic E-state index is 12.0. The monoisotopic (exact) mass is 245 g/mol. The highest BCUT2D eigenvalue weighted by Gasteiger charge is 2.16. The van der Waals surface area contributed by atoms with E-state index in [0.717, 1.165) is 0 Å². The number of H-pyrrole nitrogens is 1. The Morgan fingerprint density at radius 2 is 1.89 bits per heavy atom. The Kier molecular flexibility index (Phi) is 5.07. The number of carbonyl (C=O) groups is 1. The molecule has 0 aromatic carbocycles. The van der Waals surface area contributed by atoms with Crippen LogP contribution >= 0.6 is 0 Å². The number of nitriles is 2. The van der Waals surface area contributed by atoms with Gasteiger partial charge in [-0.15, -0.1) is 0 Å². The van der Waals surface area contributed by atoms with E-state index in [-0.39, 0.29) is 31.6 Å². The van der Waals surface area contributed by atoms with Gasteiger partial charge in [0.2, 0.25) is 0 Å². The van der Waals surface area contributed by atoms with Crippen molar-refractivity contribution in [2.24, 2.45) is 0 Å². The van der Waals surface area contributed by atoms with Gasteiger partial charge >= 0.3 is 0 Å². The van der Waals surface area contributed by atoms with Crippen LogP contribution in [0.5, 0.6) is 0 Å². The molecule has 1 rings (SSSR count). The van der Waals surface area contributed by atoms with Crippen molar-refractivity contribution < 1.29 is 4.79 Å². The smallest absolute Gasteiger partial charge is 0.274 e. The number of rotatable bonds is 5. The van der Waals surface area contributed by atoms with E-state index in [1.54, 1.807) is 0 Å². The molecule has 18 heavy (non-hydrogen) atoms. The molecule has 0 bridgehead atoms. The lowest BCUT2D eigenvalue weighted by Gasteiger charge is -2.19. The zero-order chi connectivity index (χ0) is 13.4. The lowest BCUT2D eigenvalue weighted by molar-refractivity contribution is 0.0755. The highest BCUT2D eigenvalue weighted by molar-refractivity contribution is 5.92. The van der Waals surface area contributed by atoms with Crippen molar-refractivity contribution in [2.75, 3.05) is 13.1 Å². The molecule has 7 nitrogen and oxygen atoms in total. The summed E-state index contributed by atoms with van der Waals surface area (Å²) in [7, 11) is 0. The maximum Gasteiger partial charge on any atom is 0.274 e. The minimum absolute atomic E-state index is 0.0884. The fourth-order valence-electron chi connectivity index (χ4n) is 1.31. The standard InChI is InChI=1S/C11H11N5O2/c12-5-1-7-16(8-2-6-13)11(18)9-3-4-10(17)15-14-9/h3-4H,1-2,7-8H2,(H,15,17). The molecule has 0 aliphatic heterocycles. The van der Waals surface area contributed by atoms with Gasteiger partial charge in [-0.3, -0.25) is 9.59 Å². The molecule has 0 saturated carbocycles. The number of carbonyl (C=O) groups excluding carboxylic acids is 1. The summed E-state index contributed by atoms with van der Waals surface area (Å²) in [6, 6.07) is 6.38. The highest BCUT2D eigenvalue weighted by atomic mass is 16.2. The molecule has 1 amide bonds. The summed E-state index contributed by atoms with van der Waals surface area (Å²) in [5.41, 5.74) is -0.308. The van der Waals surface area contributed by atoms with E-state index >= 15 is 0 Å². The summed E-state index contributed by atoms with van der Waals surface area (Å²) < 4.78 is 0. The molecule has 7 heteroatoms. The quantitative estimate of drug-likeness (QED) is 0.786. The molecule has 1 aromatic rings. The van der Waals surface area contributed by atoms with Gasteiger partial charge in [0.1, 0.15) is 5.69 Å². The molecule has 0 unspecified atom stereocenters. The predicted molar refractivity (Wildman–Crippen MR) is 61.2 cm³/mol. The van der Waals surface area contributed by atoms with Gasteiger partial charge in [-0.05, 0) is 6.07 Å². The molecule has 0 aliphatic carbocycles. The fourth-order valence-corrected chi connectivity index (χ4v) is 1.31. The number of aromatic amines is 1. The van der Waals surface area contributed by atoms with Crippen molar-refractivity contribution in [2.45, 2.75) is 12.8 Å². The average molecular weight is 245 g/mol. The highest BCUT2D eigenvalue weighted by Crippen LogP contribution is 2.02. The normalized spacial score (nSPS) is 9.22. The van der Waals surface area contributed by atoms with Gasteiger partial charge in [0, 0.05) is 19.2 Å². The van der Waals surface area contributed by atoms with Gasteiger partial charge in [0.05, 0.1) is 25.0 Å². The van der Waals surface area contributed by atoms with E-state index < -0.39 is 11.5 Å². The van der Waals surface area contributed by atoms with Crippen molar-refractivity contribution in [3.05, 3.63) is 28.2 Å². The molecule has 1 N–H and O–H groups in total. The summed E-state index contributed by atoms with van der Waals surface area (Å²) >= 11 is 0. The summed E-state index contributed by atoms with van der Waals surface area (Å²) in [5.74, 6) is -0.406. The number of nitrogens with zero attached hydrogens (tertiary/aromatic N) is 4. The third kappa shape index (κ3) is 3.72. The SMILES string of the molecule is N#CCCN(CCC#N)C(=O)c1ccc(=O)[nH]n1. The molecule has 0 radical (unpaired) electrons. The second-order valence-electron chi connectivity index (χ2n) is 3.41. The van der Waals surface area contributed by atoms with Crippen LogP contribution in [-0.2, 0) is 0 Å². The van der Waals surface area contributed by atoms with Crippen LogP contribution in [0.2, 0.25) is 0 Å². The summed E-state index contributed by atoms with van der Waals surface area (Å²) in [4.78, 5) is 24.2. The first kappa shape index (κ1) is 13.4. The Bertz CT molecular complexity index is 513. The van der Waals surface area contributed by atoms with Crippen molar-refractivity contribution in [3.8, 4) is 12.1 Å². The maximum atomic E-state index is 12.0. The van der Waals surface area contributed by atoms with Crippen LogP contribution in [0.15, 0.2) is 16.9 Å². The van der Waals surface area contributed by atoms with E-state index in [2.05, 4.69) is 10.2 Å². The largest absolute Gasteiger partial charge is 0.335 e. The molecule has 1 aromatic heterocycles. The van der Waals surface area contributed by atoms with Crippen molar-refractivity contribution in [3.63, 3.8) is 0 Å². The minimum Gasteiger partial charge on any atom is -0.335 e. The Morgan fingerprint density at radius 1 is 1.28 bits per heavy atom. The third-order valence-electron chi connectivity index (χ3n) is 2.17. The molecule has 0 spiro atoms. The first-order valence-electron chi connectivity index (χ1n) is 5.28. The number of hydrogen-bond donors (Lipinski definition) is 1. The zero-order valence-electron chi connectivity index (χ0n) is 9.59. The van der Waals surface area contributed by atoms with Gasteiger partial charge in [0.25, 0.3) is 11.5 Å². The van der Waals surface area contributed by atoms with E-state index in [1.807, 2.05) is 12.1 Å². The van der Waals surface area contributed by atoms with Crippen molar-refractivity contribution in [1.82, 2.24) is 15.1 Å². The molecule has 0 atom stereocenters. The number of nitrogens with one attached hydrogen (secondary N) is 1. The average Bonchev–Trinajstić information content (AvgIpc) is 2.39. The minimum atomic E-state index is -0.406. The van der Waals surface area contributed by atoms with Crippen LogP contribution in [-0.4, -0.2) is 34.1 Å². The molecule has 0 saturated heterocycles. The third-order valence-corrected chi connectivity index (χ3v) is 2.17. The van der Waals surface area contributed by atoms with Crippen LogP contribution in [0, 0.1) is 22.7 Å². The summed E-state index contributed by atoms with van der Waals surface area (Å²) in [5, 5.41) is 22.8. The number of amides is 1. The van der Waals surface area contributed by atoms with Gasteiger partial charge in [-0.1, -0.05) is 0 Å². The Hall–Kier alpha value is -2.67. The molecule has 0 fully saturated rings. The number of aromatic nitrogens is 2. The zero-order valence-corrected chi connectivity index (χ0v) is 9.59. The molecule has 1 heterocycles. The predicted octanol–water partition coefficient (Wildman–Crippen LogP) is 0.0395. The Labute approximate surface area is 103 Å². The fraction of sp³-hybridized carbons (Fsp3) is 0.364. The topological polar surface area (TPSA) is 114 Å². The van der Waals surface area contributed by atoms with Crippen molar-refractivity contribution >= 4 is 5.91 Å².